The summed E-state index contributed by atoms with van der Waals surface area (Å²) >= 11 is 0. The van der Waals surface area contributed by atoms with Crippen LogP contribution < -0.4 is 10.6 Å². The number of anilines is 1. The van der Waals surface area contributed by atoms with E-state index in [-0.39, 0.29) is 5.91 Å². The summed E-state index contributed by atoms with van der Waals surface area (Å²) in [6.07, 6.45) is 1.69. The summed E-state index contributed by atoms with van der Waals surface area (Å²) < 4.78 is 0. The van der Waals surface area contributed by atoms with E-state index in [4.69, 9.17) is 0 Å². The highest BCUT2D eigenvalue weighted by Gasteiger charge is 2.08. The molecule has 0 unspecified atom stereocenters. The number of nitrogens with one attached hydrogen (secondary N) is 2. The van der Waals surface area contributed by atoms with Crippen LogP contribution >= 0.6 is 0 Å². The van der Waals surface area contributed by atoms with E-state index in [0.717, 1.165) is 12.2 Å². The maximum absolute atomic E-state index is 11.9. The van der Waals surface area contributed by atoms with Crippen molar-refractivity contribution in [3.63, 3.8) is 0 Å². The number of amides is 1. The van der Waals surface area contributed by atoms with E-state index in [1.807, 2.05) is 18.2 Å². The van der Waals surface area contributed by atoms with Crippen LogP contribution in [0.1, 0.15) is 30.0 Å². The zero-order valence-electron chi connectivity index (χ0n) is 12.2. The quantitative estimate of drug-likeness (QED) is 0.847. The van der Waals surface area contributed by atoms with Crippen molar-refractivity contribution in [2.45, 2.75) is 20.4 Å². The lowest BCUT2D eigenvalue weighted by Crippen LogP contribution is -2.24. The summed E-state index contributed by atoms with van der Waals surface area (Å²) in [4.78, 5) is 16.1. The van der Waals surface area contributed by atoms with Gasteiger partial charge in [-0.25, -0.2) is 0 Å². The van der Waals surface area contributed by atoms with Crippen LogP contribution in [0.3, 0.4) is 0 Å². The molecule has 2 N–H and O–H groups in total. The van der Waals surface area contributed by atoms with E-state index in [2.05, 4.69) is 39.7 Å². The van der Waals surface area contributed by atoms with Crippen LogP contribution in [0.5, 0.6) is 0 Å². The highest BCUT2D eigenvalue weighted by atomic mass is 16.1. The largest absolute Gasteiger partial charge is 0.368 e. The summed E-state index contributed by atoms with van der Waals surface area (Å²) in [7, 11) is 0. The summed E-state index contributed by atoms with van der Waals surface area (Å²) in [6.45, 7) is 5.41. The van der Waals surface area contributed by atoms with E-state index in [9.17, 15) is 4.79 Å². The summed E-state index contributed by atoms with van der Waals surface area (Å²) in [6, 6.07) is 8.97. The normalized spacial score (nSPS) is 10.4. The van der Waals surface area contributed by atoms with Crippen molar-refractivity contribution in [2.24, 2.45) is 5.92 Å². The molecule has 0 aromatic carbocycles. The number of nitrogens with zero attached hydrogens (tertiary/aromatic N) is 3. The lowest BCUT2D eigenvalue weighted by atomic mass is 10.2. The number of hydrogen-bond acceptors (Lipinski definition) is 5. The SMILES string of the molecule is CC(C)CNc1ccc(C(=O)NCc2ccccn2)nn1. The Morgan fingerprint density at radius 2 is 2.05 bits per heavy atom. The monoisotopic (exact) mass is 285 g/mol. The first-order chi connectivity index (χ1) is 10.1. The van der Waals surface area contributed by atoms with Gasteiger partial charge in [-0.3, -0.25) is 9.78 Å². The number of carbonyl (C=O) groups excluding carboxylic acids is 1. The second-order valence-electron chi connectivity index (χ2n) is 5.08. The Kier molecular flexibility index (Phi) is 5.20. The van der Waals surface area contributed by atoms with E-state index in [0.29, 0.717) is 24.0 Å². The summed E-state index contributed by atoms with van der Waals surface area (Å²) in [5, 5.41) is 13.8. The van der Waals surface area contributed by atoms with Crippen molar-refractivity contribution < 1.29 is 4.79 Å². The van der Waals surface area contributed by atoms with Gasteiger partial charge in [0.2, 0.25) is 0 Å². The van der Waals surface area contributed by atoms with Crippen LogP contribution in [0.25, 0.3) is 0 Å². The van der Waals surface area contributed by atoms with Crippen LogP contribution in [0.4, 0.5) is 5.82 Å². The topological polar surface area (TPSA) is 79.8 Å². The molecule has 0 spiro atoms. The van der Waals surface area contributed by atoms with Crippen LogP contribution in [0.2, 0.25) is 0 Å². The number of pyridine rings is 1. The van der Waals surface area contributed by atoms with Crippen molar-refractivity contribution >= 4 is 11.7 Å². The molecular formula is C15H19N5O. The molecule has 2 rings (SSSR count). The third-order valence-corrected chi connectivity index (χ3v) is 2.74. The van der Waals surface area contributed by atoms with Gasteiger partial charge in [-0.05, 0) is 30.2 Å². The summed E-state index contributed by atoms with van der Waals surface area (Å²) in [5.41, 5.74) is 1.09. The second-order valence-corrected chi connectivity index (χ2v) is 5.08. The Labute approximate surface area is 124 Å². The molecule has 0 aliphatic heterocycles. The molecule has 0 radical (unpaired) electrons. The standard InChI is InChI=1S/C15H19N5O/c1-11(2)9-17-14-7-6-13(19-20-14)15(21)18-10-12-5-3-4-8-16-12/h3-8,11H,9-10H2,1-2H3,(H,17,20)(H,18,21). The number of rotatable bonds is 6. The zero-order valence-corrected chi connectivity index (χ0v) is 12.2. The maximum atomic E-state index is 11.9. The molecule has 2 aromatic rings. The molecule has 0 bridgehead atoms. The molecule has 21 heavy (non-hydrogen) atoms. The third kappa shape index (κ3) is 4.83. The molecule has 0 aliphatic carbocycles. The van der Waals surface area contributed by atoms with Crippen molar-refractivity contribution in [1.82, 2.24) is 20.5 Å². The van der Waals surface area contributed by atoms with E-state index < -0.39 is 0 Å². The third-order valence-electron chi connectivity index (χ3n) is 2.74. The van der Waals surface area contributed by atoms with Crippen LogP contribution in [0, 0.1) is 5.92 Å². The van der Waals surface area contributed by atoms with Gasteiger partial charge in [0.1, 0.15) is 5.82 Å². The van der Waals surface area contributed by atoms with E-state index in [1.165, 1.54) is 0 Å². The van der Waals surface area contributed by atoms with Gasteiger partial charge >= 0.3 is 0 Å². The van der Waals surface area contributed by atoms with Crippen molar-refractivity contribution in [3.05, 3.63) is 47.9 Å². The molecule has 0 fully saturated rings. The smallest absolute Gasteiger partial charge is 0.272 e. The molecule has 0 atom stereocenters. The van der Waals surface area contributed by atoms with Gasteiger partial charge in [-0.1, -0.05) is 19.9 Å². The minimum atomic E-state index is -0.261. The minimum absolute atomic E-state index is 0.261. The molecule has 6 nitrogen and oxygen atoms in total. The fourth-order valence-corrected chi connectivity index (χ4v) is 1.62. The molecule has 1 amide bonds. The summed E-state index contributed by atoms with van der Waals surface area (Å²) in [5.74, 6) is 0.932. The van der Waals surface area contributed by atoms with E-state index in [1.54, 1.807) is 18.3 Å². The first kappa shape index (κ1) is 14.9. The molecule has 0 aliphatic rings. The van der Waals surface area contributed by atoms with Gasteiger partial charge in [0.25, 0.3) is 5.91 Å². The van der Waals surface area contributed by atoms with Gasteiger partial charge in [0, 0.05) is 12.7 Å². The fourth-order valence-electron chi connectivity index (χ4n) is 1.62. The molecule has 6 heteroatoms. The van der Waals surface area contributed by atoms with Crippen LogP contribution in [-0.2, 0) is 6.54 Å². The lowest BCUT2D eigenvalue weighted by Gasteiger charge is -2.08. The molecule has 110 valence electrons. The Morgan fingerprint density at radius 1 is 1.19 bits per heavy atom. The van der Waals surface area contributed by atoms with Crippen molar-refractivity contribution in [2.75, 3.05) is 11.9 Å². The first-order valence-corrected chi connectivity index (χ1v) is 6.91. The van der Waals surface area contributed by atoms with Crippen molar-refractivity contribution in [1.29, 1.82) is 0 Å². The Balaban J connectivity index is 1.88. The number of carbonyl (C=O) groups is 1. The predicted molar refractivity (Wildman–Crippen MR) is 80.8 cm³/mol. The molecular weight excluding hydrogens is 266 g/mol. The Morgan fingerprint density at radius 3 is 2.67 bits per heavy atom. The van der Waals surface area contributed by atoms with Crippen LogP contribution in [-0.4, -0.2) is 27.6 Å². The highest BCUT2D eigenvalue weighted by Crippen LogP contribution is 2.04. The van der Waals surface area contributed by atoms with Gasteiger partial charge in [0.05, 0.1) is 12.2 Å². The predicted octanol–water partition coefficient (Wildman–Crippen LogP) is 1.87. The van der Waals surface area contributed by atoms with Crippen LogP contribution in [0.15, 0.2) is 36.5 Å². The lowest BCUT2D eigenvalue weighted by molar-refractivity contribution is 0.0944. The molecule has 2 heterocycles. The average Bonchev–Trinajstić information content (AvgIpc) is 2.52. The minimum Gasteiger partial charge on any atom is -0.368 e. The molecule has 0 saturated heterocycles. The Bertz CT molecular complexity index is 568. The molecule has 0 saturated carbocycles. The fraction of sp³-hybridized carbons (Fsp3) is 0.333. The second kappa shape index (κ2) is 7.33. The maximum Gasteiger partial charge on any atom is 0.272 e. The van der Waals surface area contributed by atoms with E-state index >= 15 is 0 Å². The first-order valence-electron chi connectivity index (χ1n) is 6.91. The zero-order chi connectivity index (χ0) is 15.1. The number of aromatic nitrogens is 3. The highest BCUT2D eigenvalue weighted by molar-refractivity contribution is 5.92. The van der Waals surface area contributed by atoms with Gasteiger partial charge in [-0.2, -0.15) is 0 Å². The molecule has 2 aromatic heterocycles. The van der Waals surface area contributed by atoms with Gasteiger partial charge in [-0.15, -0.1) is 10.2 Å². The Hall–Kier alpha value is -2.50. The van der Waals surface area contributed by atoms with Gasteiger partial charge < -0.3 is 10.6 Å². The van der Waals surface area contributed by atoms with Gasteiger partial charge in [0.15, 0.2) is 5.69 Å². The number of hydrogen-bond donors (Lipinski definition) is 2. The average molecular weight is 285 g/mol. The van der Waals surface area contributed by atoms with Crippen molar-refractivity contribution in [3.8, 4) is 0 Å².